The van der Waals surface area contributed by atoms with Gasteiger partial charge in [0.1, 0.15) is 11.2 Å². The normalized spacial score (nSPS) is 14.7. The number of hydrogen-bond acceptors (Lipinski definition) is 5. The molecule has 0 radical (unpaired) electrons. The molecule has 0 N–H and O–H groups in total. The Morgan fingerprint density at radius 2 is 1.70 bits per heavy atom. The van der Waals surface area contributed by atoms with Gasteiger partial charge in [0.05, 0.1) is 22.9 Å². The van der Waals surface area contributed by atoms with Crippen LogP contribution in [0.5, 0.6) is 0 Å². The molecule has 0 atom stereocenters. The smallest absolute Gasteiger partial charge is 0.262 e. The van der Waals surface area contributed by atoms with E-state index in [0.29, 0.717) is 0 Å². The third kappa shape index (κ3) is 4.78. The summed E-state index contributed by atoms with van der Waals surface area (Å²) in [5.41, 5.74) is 4.44. The quantitative estimate of drug-likeness (QED) is 0.296. The van der Waals surface area contributed by atoms with Gasteiger partial charge in [0.25, 0.3) is 5.01 Å². The number of rotatable bonds is 6. The molecule has 2 heterocycles. The van der Waals surface area contributed by atoms with E-state index in [4.69, 9.17) is 10.5 Å². The number of nitriles is 2. The van der Waals surface area contributed by atoms with Crippen LogP contribution in [0.15, 0.2) is 70.6 Å². The van der Waals surface area contributed by atoms with Gasteiger partial charge in [-0.05, 0) is 61.4 Å². The molecule has 2 aromatic carbocycles. The summed E-state index contributed by atoms with van der Waals surface area (Å²) < 4.78 is 3.54. The highest BCUT2D eigenvalue weighted by Crippen LogP contribution is 2.46. The Bertz CT molecular complexity index is 1390. The summed E-state index contributed by atoms with van der Waals surface area (Å²) in [6.07, 6.45) is 13.2. The average Bonchev–Trinajstić information content (AvgIpc) is 3.37. The summed E-state index contributed by atoms with van der Waals surface area (Å²) in [6, 6.07) is 16.7. The van der Waals surface area contributed by atoms with Crippen LogP contribution in [0.25, 0.3) is 28.4 Å². The maximum absolute atomic E-state index is 8.80. The maximum Gasteiger partial charge on any atom is 0.262 e. The van der Waals surface area contributed by atoms with Crippen LogP contribution in [0.2, 0.25) is 0 Å². The van der Waals surface area contributed by atoms with E-state index in [9.17, 15) is 0 Å². The molecule has 3 aromatic rings. The van der Waals surface area contributed by atoms with Crippen molar-refractivity contribution < 1.29 is 4.57 Å². The Hall–Kier alpha value is -3.58. The van der Waals surface area contributed by atoms with E-state index < -0.39 is 0 Å². The molecule has 0 unspecified atom stereocenters. The molecule has 0 bridgehead atoms. The van der Waals surface area contributed by atoms with E-state index in [1.54, 1.807) is 23.1 Å². The number of nitrogens with zero attached hydrogens (tertiary/aromatic N) is 4. The molecule has 4 nitrogen and oxygen atoms in total. The van der Waals surface area contributed by atoms with E-state index in [2.05, 4.69) is 77.9 Å². The second-order valence-electron chi connectivity index (χ2n) is 7.27. The van der Waals surface area contributed by atoms with Crippen molar-refractivity contribution in [1.82, 2.24) is 0 Å². The Kier molecular flexibility index (Phi) is 7.10. The molecule has 162 valence electrons. The minimum absolute atomic E-state index is 0.877. The van der Waals surface area contributed by atoms with Gasteiger partial charge in [-0.3, -0.25) is 0 Å². The third-order valence-corrected chi connectivity index (χ3v) is 7.58. The van der Waals surface area contributed by atoms with Gasteiger partial charge in [0.15, 0.2) is 0 Å². The topological polar surface area (TPSA) is 54.7 Å². The molecule has 33 heavy (non-hydrogen) atoms. The Balaban J connectivity index is 1.62. The molecular weight excluding hydrogens is 444 g/mol. The van der Waals surface area contributed by atoms with Gasteiger partial charge in [-0.15, -0.1) is 0 Å². The zero-order valence-corrected chi connectivity index (χ0v) is 20.2. The lowest BCUT2D eigenvalue weighted by molar-refractivity contribution is -0.665. The molecule has 0 amide bonds. The molecule has 0 saturated carbocycles. The number of anilines is 1. The maximum atomic E-state index is 8.80. The number of aromatic nitrogens is 1. The van der Waals surface area contributed by atoms with Crippen molar-refractivity contribution in [3.63, 3.8) is 0 Å². The lowest BCUT2D eigenvalue weighted by Crippen LogP contribution is -2.33. The molecule has 1 aliphatic heterocycles. The number of allylic oxidation sites excluding steroid dienone is 4. The highest BCUT2D eigenvalue weighted by Gasteiger charge is 2.23. The van der Waals surface area contributed by atoms with Gasteiger partial charge in [-0.1, -0.05) is 41.3 Å². The van der Waals surface area contributed by atoms with Crippen LogP contribution in [0, 0.1) is 22.7 Å². The average molecular weight is 468 g/mol. The standard InChI is InChI=1S/C27H23N4S2/c1-3-30-22-18-20(8-6-16-28)12-14-24(22)32-26(30)10-5-11-27-31(4-2)23-19-21(9-7-17-29)13-15-25(23)33-27/h5-15,18-19H,3-4H2,1-2H3/q+1/b8-6+,9-7+. The van der Waals surface area contributed by atoms with Crippen LogP contribution in [-0.2, 0) is 6.54 Å². The van der Waals surface area contributed by atoms with Crippen molar-refractivity contribution >= 4 is 57.2 Å². The molecule has 0 fully saturated rings. The molecule has 1 aromatic heterocycles. The summed E-state index contributed by atoms with van der Waals surface area (Å²) in [6.45, 7) is 6.06. The predicted molar refractivity (Wildman–Crippen MR) is 139 cm³/mol. The van der Waals surface area contributed by atoms with Gasteiger partial charge >= 0.3 is 0 Å². The lowest BCUT2D eigenvalue weighted by Gasteiger charge is -2.17. The van der Waals surface area contributed by atoms with Crippen molar-refractivity contribution in [2.24, 2.45) is 0 Å². The second-order valence-corrected chi connectivity index (χ2v) is 9.40. The summed E-state index contributed by atoms with van der Waals surface area (Å²) in [7, 11) is 0. The van der Waals surface area contributed by atoms with Crippen LogP contribution in [-0.4, -0.2) is 6.54 Å². The molecular formula is C27H23N4S2+. The van der Waals surface area contributed by atoms with E-state index in [1.165, 1.54) is 43.0 Å². The highest BCUT2D eigenvalue weighted by molar-refractivity contribution is 8.03. The minimum atomic E-state index is 0.877. The number of fused-ring (bicyclic) bond motifs is 2. The SMILES string of the molecule is CCN1/C(=C\C=C\c2sc3ccc(/C=C/C#N)cc3[n+]2CC)Sc2ccc(/C=C/C#N)cc21. The first-order valence-corrected chi connectivity index (χ1v) is 12.4. The molecule has 4 rings (SSSR count). The van der Waals surface area contributed by atoms with E-state index >= 15 is 0 Å². The van der Waals surface area contributed by atoms with Crippen LogP contribution in [0.4, 0.5) is 5.69 Å². The number of thiazole rings is 1. The van der Waals surface area contributed by atoms with Gasteiger partial charge < -0.3 is 4.90 Å². The Morgan fingerprint density at radius 1 is 0.970 bits per heavy atom. The fourth-order valence-electron chi connectivity index (χ4n) is 3.82. The fraction of sp³-hybridized carbons (Fsp3) is 0.148. The second kappa shape index (κ2) is 10.4. The van der Waals surface area contributed by atoms with E-state index in [0.717, 1.165) is 24.2 Å². The van der Waals surface area contributed by atoms with Crippen molar-refractivity contribution in [3.8, 4) is 12.1 Å². The van der Waals surface area contributed by atoms with Gasteiger partial charge in [0, 0.05) is 35.7 Å². The van der Waals surface area contributed by atoms with Crippen LogP contribution < -0.4 is 9.47 Å². The van der Waals surface area contributed by atoms with Gasteiger partial charge in [-0.25, -0.2) is 0 Å². The van der Waals surface area contributed by atoms with Crippen molar-refractivity contribution in [3.05, 3.63) is 81.9 Å². The number of hydrogen-bond donors (Lipinski definition) is 0. The lowest BCUT2D eigenvalue weighted by atomic mass is 10.1. The highest BCUT2D eigenvalue weighted by atomic mass is 32.2. The summed E-state index contributed by atoms with van der Waals surface area (Å²) in [5, 5.41) is 20.0. The summed E-state index contributed by atoms with van der Waals surface area (Å²) in [4.78, 5) is 3.54. The van der Waals surface area contributed by atoms with E-state index in [-0.39, 0.29) is 0 Å². The zero-order valence-electron chi connectivity index (χ0n) is 18.5. The van der Waals surface area contributed by atoms with E-state index in [1.807, 2.05) is 24.3 Å². The van der Waals surface area contributed by atoms with Crippen LogP contribution in [0.1, 0.15) is 30.0 Å². The number of benzene rings is 2. The van der Waals surface area contributed by atoms with Gasteiger partial charge in [0.2, 0.25) is 5.52 Å². The number of aryl methyl sites for hydroxylation is 1. The van der Waals surface area contributed by atoms with Crippen LogP contribution in [0.3, 0.4) is 0 Å². The van der Waals surface area contributed by atoms with Crippen molar-refractivity contribution in [2.75, 3.05) is 11.4 Å². The largest absolute Gasteiger partial charge is 0.335 e. The molecule has 0 spiro atoms. The molecule has 0 saturated heterocycles. The Labute approximate surface area is 202 Å². The Morgan fingerprint density at radius 3 is 2.39 bits per heavy atom. The van der Waals surface area contributed by atoms with Crippen molar-refractivity contribution in [1.29, 1.82) is 10.5 Å². The van der Waals surface area contributed by atoms with Crippen molar-refractivity contribution in [2.45, 2.75) is 25.3 Å². The minimum Gasteiger partial charge on any atom is -0.335 e. The monoisotopic (exact) mass is 467 g/mol. The molecule has 6 heteroatoms. The first kappa shape index (κ1) is 22.6. The van der Waals surface area contributed by atoms with Gasteiger partial charge in [-0.2, -0.15) is 15.1 Å². The predicted octanol–water partition coefficient (Wildman–Crippen LogP) is 6.77. The molecule has 1 aliphatic rings. The number of thioether (sulfide) groups is 1. The summed E-state index contributed by atoms with van der Waals surface area (Å²) in [5.74, 6) is 0. The first-order chi connectivity index (χ1) is 16.2. The third-order valence-electron chi connectivity index (χ3n) is 5.32. The first-order valence-electron chi connectivity index (χ1n) is 10.7. The van der Waals surface area contributed by atoms with Crippen LogP contribution >= 0.6 is 23.1 Å². The summed E-state index contributed by atoms with van der Waals surface area (Å²) >= 11 is 3.54. The molecule has 0 aliphatic carbocycles. The zero-order chi connectivity index (χ0) is 23.2. The fourth-order valence-corrected chi connectivity index (χ4v) is 6.06.